The van der Waals surface area contributed by atoms with Crippen LogP contribution in [0.25, 0.3) is 0 Å². The van der Waals surface area contributed by atoms with Gasteiger partial charge in [0.2, 0.25) is 0 Å². The minimum atomic E-state index is 0.977. The average molecular weight is 224 g/mol. The summed E-state index contributed by atoms with van der Waals surface area (Å²) in [6, 6.07) is 0. The van der Waals surface area contributed by atoms with Gasteiger partial charge in [0.05, 0.1) is 0 Å². The van der Waals surface area contributed by atoms with Gasteiger partial charge in [0.1, 0.15) is 0 Å². The van der Waals surface area contributed by atoms with Crippen LogP contribution in [-0.4, -0.2) is 0 Å². The Balaban J connectivity index is 0.000000160. The van der Waals surface area contributed by atoms with E-state index in [1.165, 1.54) is 0 Å². The van der Waals surface area contributed by atoms with Crippen LogP contribution in [0.1, 0.15) is 55.4 Å². The summed E-state index contributed by atoms with van der Waals surface area (Å²) in [7, 11) is 0. The molecule has 2 fully saturated rings. The Hall–Kier alpha value is 0. The summed E-state index contributed by atoms with van der Waals surface area (Å²) in [5, 5.41) is 0. The molecule has 0 spiro atoms. The van der Waals surface area contributed by atoms with E-state index in [2.05, 4.69) is 55.4 Å². The van der Waals surface area contributed by atoms with Crippen molar-refractivity contribution in [3.63, 3.8) is 0 Å². The maximum atomic E-state index is 2.36. The third-order valence-electron chi connectivity index (χ3n) is 6.63. The fourth-order valence-corrected chi connectivity index (χ4v) is 3.54. The third-order valence-corrected chi connectivity index (χ3v) is 6.63. The molecular weight excluding hydrogens is 192 g/mol. The molecule has 16 heavy (non-hydrogen) atoms. The number of hydrogen-bond donors (Lipinski definition) is 0. The van der Waals surface area contributed by atoms with Gasteiger partial charge in [0.15, 0.2) is 0 Å². The van der Waals surface area contributed by atoms with Crippen molar-refractivity contribution in [2.24, 2.45) is 47.3 Å². The van der Waals surface area contributed by atoms with E-state index in [1.54, 1.807) is 0 Å². The molecule has 0 saturated heterocycles. The number of rotatable bonds is 0. The lowest BCUT2D eigenvalue weighted by Crippen LogP contribution is -2.39. The zero-order valence-corrected chi connectivity index (χ0v) is 12.6. The molecule has 0 amide bonds. The summed E-state index contributed by atoms with van der Waals surface area (Å²) in [6.45, 7) is 18.9. The minimum Gasteiger partial charge on any atom is -0.0620 e. The van der Waals surface area contributed by atoms with Crippen LogP contribution < -0.4 is 0 Å². The molecule has 0 radical (unpaired) electrons. The summed E-state index contributed by atoms with van der Waals surface area (Å²) < 4.78 is 0. The molecule has 0 aromatic carbocycles. The fourth-order valence-electron chi connectivity index (χ4n) is 3.54. The molecule has 0 nitrogen and oxygen atoms in total. The maximum Gasteiger partial charge on any atom is -0.0386 e. The van der Waals surface area contributed by atoms with Crippen molar-refractivity contribution in [1.82, 2.24) is 0 Å². The first-order valence-corrected chi connectivity index (χ1v) is 7.29. The predicted molar refractivity (Wildman–Crippen MR) is 73.3 cm³/mol. The van der Waals surface area contributed by atoms with E-state index in [9.17, 15) is 0 Å². The second-order valence-corrected chi connectivity index (χ2v) is 6.87. The Bertz CT molecular complexity index is 132. The van der Waals surface area contributed by atoms with E-state index < -0.39 is 0 Å². The van der Waals surface area contributed by atoms with E-state index in [1.807, 2.05) is 0 Å². The summed E-state index contributed by atoms with van der Waals surface area (Å²) >= 11 is 0. The number of hydrogen-bond acceptors (Lipinski definition) is 0. The zero-order chi connectivity index (χ0) is 12.6. The zero-order valence-electron chi connectivity index (χ0n) is 12.6. The predicted octanol–water partition coefficient (Wildman–Crippen LogP) is 5.09. The lowest BCUT2D eigenvalue weighted by Gasteiger charge is -2.45. The highest BCUT2D eigenvalue weighted by atomic mass is 14.4. The van der Waals surface area contributed by atoms with Crippen molar-refractivity contribution in [1.29, 1.82) is 0 Å². The van der Waals surface area contributed by atoms with Crippen molar-refractivity contribution in [3.05, 3.63) is 0 Å². The highest BCUT2D eigenvalue weighted by molar-refractivity contribution is 4.87. The normalized spacial score (nSPS) is 55.5. The highest BCUT2D eigenvalue weighted by Gasteiger charge is 2.38. The van der Waals surface area contributed by atoms with Crippen molar-refractivity contribution in [2.45, 2.75) is 55.4 Å². The van der Waals surface area contributed by atoms with Gasteiger partial charge >= 0.3 is 0 Å². The molecule has 2 aliphatic carbocycles. The molecular formula is C16H32. The molecule has 2 rings (SSSR count). The standard InChI is InChI=1S/2C8H16/c2*1-5-6(2)8(4)7(5)3/h2*5-8H,1-4H3. The van der Waals surface area contributed by atoms with Crippen LogP contribution >= 0.6 is 0 Å². The average Bonchev–Trinajstić information content (AvgIpc) is 2.34. The molecule has 0 atom stereocenters. The summed E-state index contributed by atoms with van der Waals surface area (Å²) in [4.78, 5) is 0. The Morgan fingerprint density at radius 2 is 0.312 bits per heavy atom. The Morgan fingerprint density at radius 1 is 0.250 bits per heavy atom. The maximum absolute atomic E-state index is 2.36. The lowest BCUT2D eigenvalue weighted by molar-refractivity contribution is 0.0302. The van der Waals surface area contributed by atoms with Gasteiger partial charge in [0.25, 0.3) is 0 Å². The largest absolute Gasteiger partial charge is 0.0620 e. The molecule has 2 aliphatic rings. The minimum absolute atomic E-state index is 0.977. The van der Waals surface area contributed by atoms with E-state index in [0.29, 0.717) is 0 Å². The van der Waals surface area contributed by atoms with Gasteiger partial charge in [-0.15, -0.1) is 0 Å². The molecule has 0 heterocycles. The van der Waals surface area contributed by atoms with Gasteiger partial charge in [-0.1, -0.05) is 55.4 Å². The molecule has 0 unspecified atom stereocenters. The van der Waals surface area contributed by atoms with Crippen molar-refractivity contribution < 1.29 is 0 Å². The van der Waals surface area contributed by atoms with E-state index in [-0.39, 0.29) is 0 Å². The summed E-state index contributed by atoms with van der Waals surface area (Å²) in [5.74, 6) is 7.81. The smallest absolute Gasteiger partial charge is 0.0386 e. The Kier molecular flexibility index (Phi) is 4.49. The quantitative estimate of drug-likeness (QED) is 0.538. The summed E-state index contributed by atoms with van der Waals surface area (Å²) in [5.41, 5.74) is 0. The molecule has 0 aliphatic heterocycles. The van der Waals surface area contributed by atoms with Crippen LogP contribution in [0.4, 0.5) is 0 Å². The highest BCUT2D eigenvalue weighted by Crippen LogP contribution is 2.45. The van der Waals surface area contributed by atoms with Crippen LogP contribution in [0.15, 0.2) is 0 Å². The molecule has 0 N–H and O–H groups in total. The fraction of sp³-hybridized carbons (Fsp3) is 1.00. The van der Waals surface area contributed by atoms with Crippen molar-refractivity contribution in [3.8, 4) is 0 Å². The van der Waals surface area contributed by atoms with Crippen LogP contribution in [0.3, 0.4) is 0 Å². The first-order chi connectivity index (χ1) is 7.29. The summed E-state index contributed by atoms with van der Waals surface area (Å²) in [6.07, 6.45) is 0. The van der Waals surface area contributed by atoms with Gasteiger partial charge in [0, 0.05) is 0 Å². The topological polar surface area (TPSA) is 0 Å². The van der Waals surface area contributed by atoms with Crippen LogP contribution in [0.2, 0.25) is 0 Å². The van der Waals surface area contributed by atoms with Crippen molar-refractivity contribution in [2.75, 3.05) is 0 Å². The SMILES string of the molecule is CC1C(C)C(C)C1C.CC1C(C)C(C)C1C. The first-order valence-electron chi connectivity index (χ1n) is 7.29. The Labute approximate surface area is 103 Å². The molecule has 2 saturated carbocycles. The molecule has 0 bridgehead atoms. The third kappa shape index (κ3) is 2.31. The molecule has 96 valence electrons. The van der Waals surface area contributed by atoms with E-state index in [0.717, 1.165) is 47.3 Å². The Morgan fingerprint density at radius 3 is 0.375 bits per heavy atom. The molecule has 0 aromatic heterocycles. The van der Waals surface area contributed by atoms with Gasteiger partial charge in [-0.2, -0.15) is 0 Å². The second kappa shape index (κ2) is 5.10. The first kappa shape index (κ1) is 14.1. The lowest BCUT2D eigenvalue weighted by atomic mass is 9.60. The van der Waals surface area contributed by atoms with Gasteiger partial charge in [-0.25, -0.2) is 0 Å². The van der Waals surface area contributed by atoms with Gasteiger partial charge < -0.3 is 0 Å². The van der Waals surface area contributed by atoms with E-state index in [4.69, 9.17) is 0 Å². The second-order valence-electron chi connectivity index (χ2n) is 6.87. The van der Waals surface area contributed by atoms with E-state index >= 15 is 0 Å². The molecule has 0 aromatic rings. The van der Waals surface area contributed by atoms with Crippen molar-refractivity contribution >= 4 is 0 Å². The van der Waals surface area contributed by atoms with Gasteiger partial charge in [-0.05, 0) is 47.3 Å². The van der Waals surface area contributed by atoms with Crippen LogP contribution in [0, 0.1) is 47.3 Å². The van der Waals surface area contributed by atoms with Gasteiger partial charge in [-0.3, -0.25) is 0 Å². The van der Waals surface area contributed by atoms with Crippen LogP contribution in [0.5, 0.6) is 0 Å². The van der Waals surface area contributed by atoms with Crippen LogP contribution in [-0.2, 0) is 0 Å². The molecule has 0 heteroatoms. The monoisotopic (exact) mass is 224 g/mol.